The average Bonchev–Trinajstić information content (AvgIpc) is 3.43. The van der Waals surface area contributed by atoms with Crippen LogP contribution in [0.25, 0.3) is 10.9 Å². The molecule has 7 nitrogen and oxygen atoms in total. The van der Waals surface area contributed by atoms with Crippen LogP contribution in [0.4, 0.5) is 5.69 Å². The van der Waals surface area contributed by atoms with Crippen molar-refractivity contribution in [1.82, 2.24) is 14.5 Å². The first-order valence-electron chi connectivity index (χ1n) is 14.7. The summed E-state index contributed by atoms with van der Waals surface area (Å²) in [5, 5.41) is 1.02. The minimum absolute atomic E-state index is 0.245. The van der Waals surface area contributed by atoms with Crippen LogP contribution in [0.2, 0.25) is 0 Å². The SMILES string of the molecule is CCCCN(CCCC)c1ccc(C2(c3c(C)n(CC)c4ccccc34)OC(=O)c3nccnc32)c(OCC)c1. The Morgan fingerprint density at radius 2 is 1.70 bits per heavy atom. The van der Waals surface area contributed by atoms with Crippen LogP contribution in [-0.4, -0.2) is 40.2 Å². The van der Waals surface area contributed by atoms with E-state index < -0.39 is 11.6 Å². The van der Waals surface area contributed by atoms with Crippen molar-refractivity contribution in [1.29, 1.82) is 0 Å². The quantitative estimate of drug-likeness (QED) is 0.180. The van der Waals surface area contributed by atoms with Gasteiger partial charge in [0.05, 0.1) is 6.61 Å². The minimum atomic E-state index is -1.30. The van der Waals surface area contributed by atoms with Gasteiger partial charge in [0.25, 0.3) is 0 Å². The lowest BCUT2D eigenvalue weighted by Gasteiger charge is -2.32. The van der Waals surface area contributed by atoms with Crippen LogP contribution in [0.1, 0.15) is 86.4 Å². The van der Waals surface area contributed by atoms with Crippen molar-refractivity contribution in [3.05, 3.63) is 83.1 Å². The molecule has 1 aliphatic heterocycles. The Morgan fingerprint density at radius 1 is 0.975 bits per heavy atom. The van der Waals surface area contributed by atoms with E-state index in [1.165, 1.54) is 0 Å². The first kappa shape index (κ1) is 27.7. The number of rotatable bonds is 12. The van der Waals surface area contributed by atoms with E-state index in [0.29, 0.717) is 18.1 Å². The molecule has 0 fully saturated rings. The summed E-state index contributed by atoms with van der Waals surface area (Å²) < 4.78 is 15.1. The van der Waals surface area contributed by atoms with Gasteiger partial charge in [-0.15, -0.1) is 0 Å². The van der Waals surface area contributed by atoms with Crippen molar-refractivity contribution >= 4 is 22.6 Å². The molecule has 0 aliphatic carbocycles. The molecule has 1 atom stereocenters. The van der Waals surface area contributed by atoms with E-state index in [9.17, 15) is 4.79 Å². The zero-order chi connectivity index (χ0) is 28.3. The standard InChI is InChI=1S/C33H40N4O3/c1-6-10-20-36(21-11-7-2)24-16-17-26(28(22-24)39-9-4)33(31-30(32(38)40-33)34-18-19-35-31)29-23(5)37(8-3)27-15-13-12-14-25(27)29/h12-19,22H,6-11,20-21H2,1-5H3. The van der Waals surface area contributed by atoms with Gasteiger partial charge in [0.1, 0.15) is 11.4 Å². The number of anilines is 1. The van der Waals surface area contributed by atoms with Crippen molar-refractivity contribution in [3.63, 3.8) is 0 Å². The molecule has 5 rings (SSSR count). The molecular weight excluding hydrogens is 500 g/mol. The van der Waals surface area contributed by atoms with E-state index in [0.717, 1.165) is 78.7 Å². The summed E-state index contributed by atoms with van der Waals surface area (Å²) >= 11 is 0. The molecule has 0 N–H and O–H groups in total. The fourth-order valence-electron chi connectivity index (χ4n) is 6.09. The maximum Gasteiger partial charge on any atom is 0.360 e. The number of ether oxygens (including phenoxy) is 2. The summed E-state index contributed by atoms with van der Waals surface area (Å²) in [6.45, 7) is 13.9. The Kier molecular flexibility index (Phi) is 8.10. The van der Waals surface area contributed by atoms with Gasteiger partial charge in [-0.2, -0.15) is 0 Å². The molecule has 0 amide bonds. The number of esters is 1. The van der Waals surface area contributed by atoms with Gasteiger partial charge in [-0.3, -0.25) is 4.98 Å². The largest absolute Gasteiger partial charge is 0.493 e. The van der Waals surface area contributed by atoms with E-state index in [4.69, 9.17) is 14.5 Å². The van der Waals surface area contributed by atoms with Gasteiger partial charge < -0.3 is 18.9 Å². The molecule has 3 heterocycles. The van der Waals surface area contributed by atoms with E-state index >= 15 is 0 Å². The maximum atomic E-state index is 13.5. The molecule has 2 aromatic heterocycles. The van der Waals surface area contributed by atoms with Gasteiger partial charge in [-0.05, 0) is 51.8 Å². The lowest BCUT2D eigenvalue weighted by molar-refractivity contribution is 0.0235. The molecule has 1 aliphatic rings. The van der Waals surface area contributed by atoms with Crippen LogP contribution in [0.3, 0.4) is 0 Å². The Labute approximate surface area is 237 Å². The van der Waals surface area contributed by atoms with Crippen molar-refractivity contribution in [2.24, 2.45) is 0 Å². The highest BCUT2D eigenvalue weighted by atomic mass is 16.6. The molecule has 1 unspecified atom stereocenters. The first-order valence-corrected chi connectivity index (χ1v) is 14.7. The van der Waals surface area contributed by atoms with Crippen LogP contribution in [0, 0.1) is 6.92 Å². The smallest absolute Gasteiger partial charge is 0.360 e. The van der Waals surface area contributed by atoms with Crippen molar-refractivity contribution in [2.45, 2.75) is 72.4 Å². The Morgan fingerprint density at radius 3 is 2.40 bits per heavy atom. The van der Waals surface area contributed by atoms with Crippen molar-refractivity contribution in [2.75, 3.05) is 24.6 Å². The summed E-state index contributed by atoms with van der Waals surface area (Å²) in [4.78, 5) is 25.1. The normalized spacial score (nSPS) is 16.3. The van der Waals surface area contributed by atoms with Gasteiger partial charge in [0.15, 0.2) is 5.69 Å². The molecule has 0 spiro atoms. The van der Waals surface area contributed by atoms with Crippen LogP contribution >= 0.6 is 0 Å². The number of unbranched alkanes of at least 4 members (excludes halogenated alkanes) is 2. The number of nitrogens with zero attached hydrogens (tertiary/aromatic N) is 4. The Bertz CT molecular complexity index is 1500. The van der Waals surface area contributed by atoms with E-state index in [2.05, 4.69) is 72.5 Å². The molecule has 0 bridgehead atoms. The molecule has 40 heavy (non-hydrogen) atoms. The lowest BCUT2D eigenvalue weighted by Crippen LogP contribution is -2.32. The topological polar surface area (TPSA) is 69.5 Å². The fourth-order valence-corrected chi connectivity index (χ4v) is 6.09. The maximum absolute atomic E-state index is 13.5. The van der Waals surface area contributed by atoms with Crippen LogP contribution in [-0.2, 0) is 16.9 Å². The lowest BCUT2D eigenvalue weighted by atomic mass is 9.81. The highest BCUT2D eigenvalue weighted by Gasteiger charge is 2.54. The molecule has 2 aromatic carbocycles. The van der Waals surface area contributed by atoms with Gasteiger partial charge in [-0.25, -0.2) is 9.78 Å². The fraction of sp³-hybridized carbons (Fsp3) is 0.424. The average molecular weight is 541 g/mol. The number of carbonyl (C=O) groups is 1. The van der Waals surface area contributed by atoms with E-state index in [1.807, 2.05) is 19.1 Å². The molecular formula is C33H40N4O3. The zero-order valence-corrected chi connectivity index (χ0v) is 24.4. The van der Waals surface area contributed by atoms with Gasteiger partial charge in [0, 0.05) is 71.5 Å². The summed E-state index contributed by atoms with van der Waals surface area (Å²) in [5.74, 6) is 0.215. The number of aryl methyl sites for hydroxylation is 1. The Hall–Kier alpha value is -3.87. The van der Waals surface area contributed by atoms with Gasteiger partial charge >= 0.3 is 5.97 Å². The molecule has 0 radical (unpaired) electrons. The highest BCUT2D eigenvalue weighted by Crippen LogP contribution is 2.52. The third kappa shape index (κ3) is 4.51. The predicted octanol–water partition coefficient (Wildman–Crippen LogP) is 7.03. The van der Waals surface area contributed by atoms with Crippen LogP contribution in [0.5, 0.6) is 5.75 Å². The minimum Gasteiger partial charge on any atom is -0.493 e. The van der Waals surface area contributed by atoms with Crippen molar-refractivity contribution < 1.29 is 14.3 Å². The predicted molar refractivity (Wildman–Crippen MR) is 159 cm³/mol. The number of hydrogen-bond donors (Lipinski definition) is 0. The number of aromatic nitrogens is 3. The number of cyclic esters (lactones) is 1. The summed E-state index contributed by atoms with van der Waals surface area (Å²) in [5.41, 5.74) is 4.34. The molecule has 0 saturated heterocycles. The summed E-state index contributed by atoms with van der Waals surface area (Å²) in [7, 11) is 0. The summed E-state index contributed by atoms with van der Waals surface area (Å²) in [6.07, 6.45) is 7.69. The third-order valence-electron chi connectivity index (χ3n) is 7.94. The van der Waals surface area contributed by atoms with E-state index in [-0.39, 0.29) is 5.69 Å². The highest BCUT2D eigenvalue weighted by molar-refractivity contribution is 5.97. The van der Waals surface area contributed by atoms with Gasteiger partial charge in [0.2, 0.25) is 5.60 Å². The van der Waals surface area contributed by atoms with Gasteiger partial charge in [-0.1, -0.05) is 44.9 Å². The van der Waals surface area contributed by atoms with Crippen LogP contribution < -0.4 is 9.64 Å². The number of benzene rings is 2. The van der Waals surface area contributed by atoms with E-state index in [1.54, 1.807) is 12.4 Å². The first-order chi connectivity index (χ1) is 19.5. The zero-order valence-electron chi connectivity index (χ0n) is 24.4. The Balaban J connectivity index is 1.80. The number of carbonyl (C=O) groups excluding carboxylic acids is 1. The third-order valence-corrected chi connectivity index (χ3v) is 7.94. The molecule has 4 aromatic rings. The molecule has 0 saturated carbocycles. The molecule has 7 heteroatoms. The molecule has 210 valence electrons. The number of fused-ring (bicyclic) bond motifs is 2. The number of hydrogen-bond acceptors (Lipinski definition) is 6. The summed E-state index contributed by atoms with van der Waals surface area (Å²) in [6, 6.07) is 14.6. The number of para-hydroxylation sites is 1. The second-order valence-electron chi connectivity index (χ2n) is 10.4. The van der Waals surface area contributed by atoms with Crippen molar-refractivity contribution in [3.8, 4) is 5.75 Å². The van der Waals surface area contributed by atoms with Crippen LogP contribution in [0.15, 0.2) is 54.9 Å². The second-order valence-corrected chi connectivity index (χ2v) is 10.4. The second kappa shape index (κ2) is 11.7. The monoisotopic (exact) mass is 540 g/mol.